The van der Waals surface area contributed by atoms with Crippen LogP contribution in [0.4, 0.5) is 17.3 Å². The van der Waals surface area contributed by atoms with Crippen molar-refractivity contribution in [2.45, 2.75) is 12.8 Å². The third kappa shape index (κ3) is 3.47. The number of amides is 1. The molecule has 24 heavy (non-hydrogen) atoms. The van der Waals surface area contributed by atoms with Crippen LogP contribution in [0.5, 0.6) is 0 Å². The Kier molecular flexibility index (Phi) is 4.92. The van der Waals surface area contributed by atoms with Gasteiger partial charge in [-0.2, -0.15) is 0 Å². The summed E-state index contributed by atoms with van der Waals surface area (Å²) in [7, 11) is 0. The molecule has 1 amide bonds. The monoisotopic (exact) mass is 366 g/mol. The highest BCUT2D eigenvalue weighted by atomic mass is 35.5. The number of carbonyl (C=O) groups excluding carboxylic acids is 1. The molecule has 0 radical (unpaired) electrons. The van der Waals surface area contributed by atoms with Gasteiger partial charge in [-0.05, 0) is 31.0 Å². The molecule has 2 heterocycles. The predicted octanol–water partition coefficient (Wildman–Crippen LogP) is 2.72. The standard InChI is InChI=1S/C15H16Cl2N6O/c16-9-3-4-10(11(17)7-9)15(24)22-21-13-12(18)14(20-8-19-13)23-5-1-2-6-23/h3-4,7-8H,1-2,5-6,18H2,(H,22,24)(H,19,20,21). The lowest BCUT2D eigenvalue weighted by molar-refractivity contribution is 0.0962. The average Bonchev–Trinajstić information content (AvgIpc) is 3.08. The molecule has 1 aliphatic heterocycles. The van der Waals surface area contributed by atoms with Crippen molar-refractivity contribution in [2.24, 2.45) is 0 Å². The SMILES string of the molecule is Nc1c(NNC(=O)c2ccc(Cl)cc2Cl)ncnc1N1CCCC1. The molecule has 1 fully saturated rings. The third-order valence-corrected chi connectivity index (χ3v) is 4.29. The number of anilines is 3. The third-order valence-electron chi connectivity index (χ3n) is 3.74. The summed E-state index contributed by atoms with van der Waals surface area (Å²) >= 11 is 11.8. The van der Waals surface area contributed by atoms with E-state index in [-0.39, 0.29) is 5.02 Å². The molecule has 1 aromatic heterocycles. The first-order valence-electron chi connectivity index (χ1n) is 7.43. The number of nitrogens with one attached hydrogen (secondary N) is 2. The average molecular weight is 367 g/mol. The predicted molar refractivity (Wildman–Crippen MR) is 95.4 cm³/mol. The maximum atomic E-state index is 12.2. The number of nitrogens with two attached hydrogens (primary N) is 1. The molecule has 3 rings (SSSR count). The minimum atomic E-state index is -0.419. The number of nitrogen functional groups attached to an aromatic ring is 1. The molecule has 0 spiro atoms. The molecule has 9 heteroatoms. The van der Waals surface area contributed by atoms with Crippen molar-refractivity contribution in [1.29, 1.82) is 0 Å². The van der Waals surface area contributed by atoms with Gasteiger partial charge >= 0.3 is 0 Å². The number of hydrogen-bond donors (Lipinski definition) is 3. The van der Waals surface area contributed by atoms with Crippen LogP contribution in [0.2, 0.25) is 10.0 Å². The summed E-state index contributed by atoms with van der Waals surface area (Å²) < 4.78 is 0. The van der Waals surface area contributed by atoms with Crippen LogP contribution in [0.15, 0.2) is 24.5 Å². The van der Waals surface area contributed by atoms with E-state index in [0.717, 1.165) is 25.9 Å². The summed E-state index contributed by atoms with van der Waals surface area (Å²) in [4.78, 5) is 22.6. The Balaban J connectivity index is 1.72. The Bertz CT molecular complexity index is 764. The second-order valence-corrected chi connectivity index (χ2v) is 6.20. The van der Waals surface area contributed by atoms with Gasteiger partial charge in [-0.3, -0.25) is 15.6 Å². The van der Waals surface area contributed by atoms with Crippen molar-refractivity contribution in [3.8, 4) is 0 Å². The number of hydrazine groups is 1. The number of benzene rings is 1. The smallest absolute Gasteiger partial charge is 0.271 e. The Labute approximate surface area is 149 Å². The summed E-state index contributed by atoms with van der Waals surface area (Å²) in [6.07, 6.45) is 3.63. The van der Waals surface area contributed by atoms with Crippen molar-refractivity contribution < 1.29 is 4.79 Å². The molecule has 0 saturated carbocycles. The van der Waals surface area contributed by atoms with E-state index in [0.29, 0.717) is 27.9 Å². The van der Waals surface area contributed by atoms with E-state index in [1.165, 1.54) is 12.4 Å². The van der Waals surface area contributed by atoms with Gasteiger partial charge in [0.05, 0.1) is 10.6 Å². The lowest BCUT2D eigenvalue weighted by Crippen LogP contribution is -2.31. The van der Waals surface area contributed by atoms with Gasteiger partial charge < -0.3 is 10.6 Å². The van der Waals surface area contributed by atoms with E-state index < -0.39 is 5.91 Å². The van der Waals surface area contributed by atoms with E-state index in [1.54, 1.807) is 12.1 Å². The van der Waals surface area contributed by atoms with Gasteiger partial charge in [0.1, 0.15) is 12.0 Å². The minimum Gasteiger partial charge on any atom is -0.393 e. The number of halogens is 2. The quantitative estimate of drug-likeness (QED) is 0.719. The van der Waals surface area contributed by atoms with E-state index >= 15 is 0 Å². The number of nitrogens with zero attached hydrogens (tertiary/aromatic N) is 3. The zero-order chi connectivity index (χ0) is 17.1. The summed E-state index contributed by atoms with van der Waals surface area (Å²) in [6, 6.07) is 4.64. The van der Waals surface area contributed by atoms with E-state index in [1.807, 2.05) is 0 Å². The molecule has 0 atom stereocenters. The van der Waals surface area contributed by atoms with Gasteiger partial charge in [0, 0.05) is 18.1 Å². The molecule has 4 N–H and O–H groups in total. The fourth-order valence-electron chi connectivity index (χ4n) is 2.52. The molecule has 1 saturated heterocycles. The van der Waals surface area contributed by atoms with Gasteiger partial charge in [-0.1, -0.05) is 23.2 Å². The first-order chi connectivity index (χ1) is 11.6. The van der Waals surface area contributed by atoms with Crippen molar-refractivity contribution >= 4 is 46.4 Å². The number of hydrogen-bond acceptors (Lipinski definition) is 6. The number of carbonyl (C=O) groups is 1. The van der Waals surface area contributed by atoms with Crippen LogP contribution in [0.1, 0.15) is 23.2 Å². The summed E-state index contributed by atoms with van der Waals surface area (Å²) in [5, 5.41) is 0.718. The van der Waals surface area contributed by atoms with Crippen molar-refractivity contribution in [3.05, 3.63) is 40.1 Å². The number of aromatic nitrogens is 2. The molecule has 126 valence electrons. The lowest BCUT2D eigenvalue weighted by atomic mass is 10.2. The Morgan fingerprint density at radius 3 is 2.67 bits per heavy atom. The topological polar surface area (TPSA) is 96.2 Å². The molecular weight excluding hydrogens is 351 g/mol. The second-order valence-electron chi connectivity index (χ2n) is 5.36. The van der Waals surface area contributed by atoms with Gasteiger partial charge in [-0.25, -0.2) is 9.97 Å². The molecule has 1 aliphatic rings. The Hall–Kier alpha value is -2.25. The van der Waals surface area contributed by atoms with Gasteiger partial charge in [-0.15, -0.1) is 0 Å². The zero-order valence-electron chi connectivity index (χ0n) is 12.7. The zero-order valence-corrected chi connectivity index (χ0v) is 14.2. The van der Waals surface area contributed by atoms with Crippen LogP contribution in [0.3, 0.4) is 0 Å². The first-order valence-corrected chi connectivity index (χ1v) is 8.18. The maximum Gasteiger partial charge on any atom is 0.271 e. The lowest BCUT2D eigenvalue weighted by Gasteiger charge is -2.19. The van der Waals surface area contributed by atoms with Crippen molar-refractivity contribution in [3.63, 3.8) is 0 Å². The number of rotatable bonds is 4. The largest absolute Gasteiger partial charge is 0.393 e. The van der Waals surface area contributed by atoms with Crippen LogP contribution in [-0.4, -0.2) is 29.0 Å². The molecule has 2 aromatic rings. The first kappa shape index (κ1) is 16.6. The molecule has 0 bridgehead atoms. The van der Waals surface area contributed by atoms with Crippen LogP contribution in [0.25, 0.3) is 0 Å². The minimum absolute atomic E-state index is 0.259. The molecule has 0 unspecified atom stereocenters. The van der Waals surface area contributed by atoms with E-state index in [2.05, 4.69) is 25.7 Å². The molecule has 0 aliphatic carbocycles. The second kappa shape index (κ2) is 7.11. The van der Waals surface area contributed by atoms with Crippen LogP contribution >= 0.6 is 23.2 Å². The highest BCUT2D eigenvalue weighted by Gasteiger charge is 2.19. The molecule has 1 aromatic carbocycles. The van der Waals surface area contributed by atoms with Crippen LogP contribution < -0.4 is 21.5 Å². The molecular formula is C15H16Cl2N6O. The fraction of sp³-hybridized carbons (Fsp3) is 0.267. The van der Waals surface area contributed by atoms with E-state index in [9.17, 15) is 4.79 Å². The highest BCUT2D eigenvalue weighted by Crippen LogP contribution is 2.28. The van der Waals surface area contributed by atoms with Gasteiger partial charge in [0.2, 0.25) is 0 Å². The molecule has 7 nitrogen and oxygen atoms in total. The highest BCUT2D eigenvalue weighted by molar-refractivity contribution is 6.36. The fourth-order valence-corrected chi connectivity index (χ4v) is 3.02. The van der Waals surface area contributed by atoms with Crippen molar-refractivity contribution in [1.82, 2.24) is 15.4 Å². The van der Waals surface area contributed by atoms with E-state index in [4.69, 9.17) is 28.9 Å². The van der Waals surface area contributed by atoms with Gasteiger partial charge in [0.25, 0.3) is 5.91 Å². The summed E-state index contributed by atoms with van der Waals surface area (Å²) in [6.45, 7) is 1.82. The Morgan fingerprint density at radius 2 is 1.96 bits per heavy atom. The van der Waals surface area contributed by atoms with Crippen LogP contribution in [0, 0.1) is 0 Å². The van der Waals surface area contributed by atoms with Gasteiger partial charge in [0.15, 0.2) is 11.6 Å². The Morgan fingerprint density at radius 1 is 1.21 bits per heavy atom. The maximum absolute atomic E-state index is 12.2. The normalized spacial score (nSPS) is 13.8. The van der Waals surface area contributed by atoms with Crippen molar-refractivity contribution in [2.75, 3.05) is 29.1 Å². The summed E-state index contributed by atoms with van der Waals surface area (Å²) in [5.74, 6) is 0.589. The summed E-state index contributed by atoms with van der Waals surface area (Å²) in [5.41, 5.74) is 12.0. The van der Waals surface area contributed by atoms with Crippen LogP contribution in [-0.2, 0) is 0 Å².